The van der Waals surface area contributed by atoms with Crippen molar-refractivity contribution in [3.63, 3.8) is 0 Å². The monoisotopic (exact) mass is 600 g/mol. The molecule has 4 aromatic rings. The number of ether oxygens (including phenoxy) is 3. The number of rotatable bonds is 11. The average Bonchev–Trinajstić information content (AvgIpc) is 3.05. The number of aromatic nitrogens is 1. The molecule has 0 unspecified atom stereocenters. The number of benzene rings is 3. The van der Waals surface area contributed by atoms with Crippen LogP contribution in [0.25, 0.3) is 10.9 Å². The third-order valence-corrected chi connectivity index (χ3v) is 7.67. The lowest BCUT2D eigenvalue weighted by Gasteiger charge is -2.23. The Morgan fingerprint density at radius 1 is 0.955 bits per heavy atom. The molecule has 0 aliphatic carbocycles. The first-order chi connectivity index (χ1) is 21.4. The molecule has 0 bridgehead atoms. The van der Waals surface area contributed by atoms with E-state index in [-0.39, 0.29) is 11.4 Å². The highest BCUT2D eigenvalue weighted by Gasteiger charge is 2.19. The number of amides is 2. The number of halogens is 1. The van der Waals surface area contributed by atoms with Crippen LogP contribution in [-0.4, -0.2) is 50.1 Å². The lowest BCUT2D eigenvalue weighted by Crippen LogP contribution is -2.36. The van der Waals surface area contributed by atoms with Crippen molar-refractivity contribution in [3.05, 3.63) is 83.8 Å². The van der Waals surface area contributed by atoms with Crippen LogP contribution in [0, 0.1) is 11.7 Å². The summed E-state index contributed by atoms with van der Waals surface area (Å²) in [6.45, 7) is 4.94. The zero-order valence-electron chi connectivity index (χ0n) is 25.0. The van der Waals surface area contributed by atoms with E-state index in [0.29, 0.717) is 53.6 Å². The van der Waals surface area contributed by atoms with Gasteiger partial charge in [0.05, 0.1) is 13.7 Å². The van der Waals surface area contributed by atoms with Gasteiger partial charge in [-0.2, -0.15) is 0 Å². The Morgan fingerprint density at radius 3 is 2.43 bits per heavy atom. The second kappa shape index (κ2) is 14.7. The van der Waals surface area contributed by atoms with Gasteiger partial charge in [0.15, 0.2) is 23.1 Å². The molecule has 10 heteroatoms. The maximum atomic E-state index is 15.1. The molecule has 2 heterocycles. The number of hydrogen-bond donors (Lipinski definition) is 3. The lowest BCUT2D eigenvalue weighted by atomic mass is 9.99. The molecule has 0 atom stereocenters. The number of pyridine rings is 1. The number of methoxy groups -OCH3 is 1. The molecule has 0 radical (unpaired) electrons. The Balaban J connectivity index is 1.20. The summed E-state index contributed by atoms with van der Waals surface area (Å²) in [6, 6.07) is 17.3. The van der Waals surface area contributed by atoms with Crippen molar-refractivity contribution >= 4 is 28.4 Å². The molecular weight excluding hydrogens is 563 g/mol. The van der Waals surface area contributed by atoms with Crippen molar-refractivity contribution in [3.8, 4) is 23.0 Å². The first-order valence-electron chi connectivity index (χ1n) is 14.9. The molecule has 1 aliphatic heterocycles. The van der Waals surface area contributed by atoms with Crippen LogP contribution in [-0.2, 0) is 22.4 Å². The van der Waals surface area contributed by atoms with Crippen molar-refractivity contribution < 1.29 is 28.2 Å². The summed E-state index contributed by atoms with van der Waals surface area (Å²) in [6.07, 6.45) is 5.22. The molecule has 3 N–H and O–H groups in total. The molecule has 1 saturated heterocycles. The minimum Gasteiger partial charge on any atom is -0.491 e. The van der Waals surface area contributed by atoms with E-state index in [4.69, 9.17) is 14.2 Å². The van der Waals surface area contributed by atoms with Gasteiger partial charge in [-0.15, -0.1) is 0 Å². The summed E-state index contributed by atoms with van der Waals surface area (Å²) in [5.74, 6) is -0.540. The Hall–Kier alpha value is -4.70. The van der Waals surface area contributed by atoms with E-state index >= 15 is 4.39 Å². The van der Waals surface area contributed by atoms with E-state index in [1.807, 2.05) is 30.3 Å². The van der Waals surface area contributed by atoms with Crippen LogP contribution >= 0.6 is 0 Å². The summed E-state index contributed by atoms with van der Waals surface area (Å²) in [5, 5.41) is 9.00. The highest BCUT2D eigenvalue weighted by molar-refractivity contribution is 6.39. The number of nitrogens with zero attached hydrogens (tertiary/aromatic N) is 1. The van der Waals surface area contributed by atoms with E-state index in [1.165, 1.54) is 17.7 Å². The molecular formula is C34H37FN4O5. The highest BCUT2D eigenvalue weighted by Crippen LogP contribution is 2.40. The van der Waals surface area contributed by atoms with Crippen molar-refractivity contribution in [2.45, 2.75) is 32.6 Å². The first kappa shape index (κ1) is 30.7. The number of piperidine rings is 1. The van der Waals surface area contributed by atoms with Crippen LogP contribution in [0.5, 0.6) is 23.0 Å². The largest absolute Gasteiger partial charge is 0.491 e. The number of aryl methyl sites for hydroxylation is 1. The van der Waals surface area contributed by atoms with Gasteiger partial charge in [0.2, 0.25) is 0 Å². The maximum Gasteiger partial charge on any atom is 0.313 e. The van der Waals surface area contributed by atoms with Crippen LogP contribution in [0.15, 0.2) is 66.9 Å². The number of nitrogens with one attached hydrogen (secondary N) is 3. The van der Waals surface area contributed by atoms with Gasteiger partial charge < -0.3 is 30.2 Å². The van der Waals surface area contributed by atoms with E-state index in [1.54, 1.807) is 25.4 Å². The Morgan fingerprint density at radius 2 is 1.70 bits per heavy atom. The molecule has 44 heavy (non-hydrogen) atoms. The smallest absolute Gasteiger partial charge is 0.313 e. The molecule has 230 valence electrons. The zero-order chi connectivity index (χ0) is 30.9. The maximum absolute atomic E-state index is 15.1. The molecule has 2 amide bonds. The Bertz CT molecular complexity index is 1610. The predicted molar refractivity (Wildman–Crippen MR) is 167 cm³/mol. The highest BCUT2D eigenvalue weighted by atomic mass is 19.1. The van der Waals surface area contributed by atoms with E-state index in [0.717, 1.165) is 44.0 Å². The summed E-state index contributed by atoms with van der Waals surface area (Å²) >= 11 is 0. The Labute approximate surface area is 256 Å². The molecule has 3 aromatic carbocycles. The fraction of sp³-hybridized carbons (Fsp3) is 0.324. The first-order valence-corrected chi connectivity index (χ1v) is 14.9. The number of fused-ring (bicyclic) bond motifs is 1. The average molecular weight is 601 g/mol. The molecule has 1 fully saturated rings. The molecule has 9 nitrogen and oxygen atoms in total. The van der Waals surface area contributed by atoms with Crippen molar-refractivity contribution in [1.29, 1.82) is 0 Å². The molecule has 1 aromatic heterocycles. The van der Waals surface area contributed by atoms with Gasteiger partial charge in [-0.05, 0) is 86.1 Å². The van der Waals surface area contributed by atoms with E-state index in [2.05, 4.69) is 27.9 Å². The van der Waals surface area contributed by atoms with Crippen LogP contribution < -0.4 is 30.2 Å². The zero-order valence-corrected chi connectivity index (χ0v) is 25.0. The standard InChI is InChI=1S/C34H37FN4O5/c1-3-22-4-6-23(7-5-22)14-18-38-33(40)34(41)39-25-8-10-29(27(35)20-25)44-28-15-19-37-31-26(28)9-11-30(32(31)42-2)43-21-24-12-16-36-17-13-24/h4-11,15,19-20,24,36H,3,12-14,16-18,21H2,1-2H3,(H,38,40)(H,39,41). The number of anilines is 1. The summed E-state index contributed by atoms with van der Waals surface area (Å²) in [7, 11) is 1.55. The fourth-order valence-corrected chi connectivity index (χ4v) is 5.11. The lowest BCUT2D eigenvalue weighted by molar-refractivity contribution is -0.136. The van der Waals surface area contributed by atoms with Gasteiger partial charge in [-0.1, -0.05) is 31.2 Å². The van der Waals surface area contributed by atoms with Gasteiger partial charge in [0, 0.05) is 29.9 Å². The quantitative estimate of drug-likeness (QED) is 0.197. The van der Waals surface area contributed by atoms with Crippen LogP contribution in [0.4, 0.5) is 10.1 Å². The SMILES string of the molecule is CCc1ccc(CCNC(=O)C(=O)Nc2ccc(Oc3ccnc4c(OC)c(OCC5CCNCC5)ccc34)c(F)c2)cc1. The topological polar surface area (TPSA) is 111 Å². The number of hydrogen-bond acceptors (Lipinski definition) is 7. The second-order valence-corrected chi connectivity index (χ2v) is 10.7. The normalized spacial score (nSPS) is 13.3. The van der Waals surface area contributed by atoms with Crippen molar-refractivity contribution in [1.82, 2.24) is 15.6 Å². The molecule has 0 spiro atoms. The van der Waals surface area contributed by atoms with Gasteiger partial charge in [-0.25, -0.2) is 4.39 Å². The molecule has 5 rings (SSSR count). The second-order valence-electron chi connectivity index (χ2n) is 10.7. The van der Waals surface area contributed by atoms with E-state index in [9.17, 15) is 9.59 Å². The van der Waals surface area contributed by atoms with E-state index < -0.39 is 17.6 Å². The summed E-state index contributed by atoms with van der Waals surface area (Å²) < 4.78 is 32.8. The Kier molecular flexibility index (Phi) is 10.2. The van der Waals surface area contributed by atoms with Crippen LogP contribution in [0.2, 0.25) is 0 Å². The predicted octanol–water partition coefficient (Wildman–Crippen LogP) is 5.41. The van der Waals surface area contributed by atoms with Gasteiger partial charge in [0.25, 0.3) is 0 Å². The van der Waals surface area contributed by atoms with Gasteiger partial charge in [0.1, 0.15) is 11.3 Å². The molecule has 0 saturated carbocycles. The molecule has 1 aliphatic rings. The van der Waals surface area contributed by atoms with Crippen LogP contribution in [0.1, 0.15) is 30.9 Å². The third kappa shape index (κ3) is 7.62. The fourth-order valence-electron chi connectivity index (χ4n) is 5.11. The minimum absolute atomic E-state index is 0.0563. The van der Waals surface area contributed by atoms with Gasteiger partial charge >= 0.3 is 11.8 Å². The number of carbonyl (C=O) groups is 2. The summed E-state index contributed by atoms with van der Waals surface area (Å²) in [5.41, 5.74) is 2.95. The van der Waals surface area contributed by atoms with Crippen LogP contribution in [0.3, 0.4) is 0 Å². The third-order valence-electron chi connectivity index (χ3n) is 7.67. The van der Waals surface area contributed by atoms with Crippen molar-refractivity contribution in [2.75, 3.05) is 38.7 Å². The number of carbonyl (C=O) groups excluding carboxylic acids is 2. The minimum atomic E-state index is -0.884. The van der Waals surface area contributed by atoms with Crippen molar-refractivity contribution in [2.24, 2.45) is 5.92 Å². The summed E-state index contributed by atoms with van der Waals surface area (Å²) in [4.78, 5) is 29.1. The van der Waals surface area contributed by atoms with Gasteiger partial charge in [-0.3, -0.25) is 14.6 Å².